The molecule has 0 saturated heterocycles. The second kappa shape index (κ2) is 5.40. The number of hydrogen-bond donors (Lipinski definition) is 2. The third kappa shape index (κ3) is 2.72. The van der Waals surface area contributed by atoms with E-state index in [2.05, 4.69) is 47.0 Å². The first-order chi connectivity index (χ1) is 8.24. The van der Waals surface area contributed by atoms with E-state index in [0.29, 0.717) is 0 Å². The number of nitrogens with one attached hydrogen (secondary N) is 1. The van der Waals surface area contributed by atoms with Gasteiger partial charge in [-0.05, 0) is 24.5 Å². The molecular formula is C13H17N3S. The normalized spacial score (nSPS) is 12.6. The molecule has 0 aliphatic rings. The smallest absolute Gasteiger partial charge is 0.0898 e. The molecule has 2 aromatic rings. The van der Waals surface area contributed by atoms with Crippen LogP contribution in [0.5, 0.6) is 0 Å². The highest BCUT2D eigenvalue weighted by Gasteiger charge is 2.15. The van der Waals surface area contributed by atoms with E-state index < -0.39 is 0 Å². The largest absolute Gasteiger partial charge is 0.271 e. The minimum atomic E-state index is -0.0218. The molecule has 0 aliphatic heterocycles. The van der Waals surface area contributed by atoms with Crippen molar-refractivity contribution in [1.82, 2.24) is 10.4 Å². The average molecular weight is 247 g/mol. The highest BCUT2D eigenvalue weighted by molar-refractivity contribution is 7.09. The van der Waals surface area contributed by atoms with Crippen molar-refractivity contribution in [2.24, 2.45) is 5.84 Å². The van der Waals surface area contributed by atoms with Crippen LogP contribution in [0, 0.1) is 6.92 Å². The third-order valence-electron chi connectivity index (χ3n) is 2.79. The Morgan fingerprint density at radius 1 is 1.47 bits per heavy atom. The maximum atomic E-state index is 5.65. The van der Waals surface area contributed by atoms with E-state index in [0.717, 1.165) is 22.7 Å². The van der Waals surface area contributed by atoms with Crippen molar-refractivity contribution >= 4 is 11.3 Å². The Balaban J connectivity index is 2.34. The number of hydrogen-bond acceptors (Lipinski definition) is 4. The minimum absolute atomic E-state index is 0.0218. The Bertz CT molecular complexity index is 493. The van der Waals surface area contributed by atoms with Gasteiger partial charge in [-0.15, -0.1) is 11.3 Å². The Hall–Kier alpha value is -1.23. The van der Waals surface area contributed by atoms with E-state index in [1.807, 2.05) is 6.92 Å². The predicted octanol–water partition coefficient (Wildman–Crippen LogP) is 2.57. The average Bonchev–Trinajstić information content (AvgIpc) is 2.77. The summed E-state index contributed by atoms with van der Waals surface area (Å²) in [6.45, 7) is 4.15. The summed E-state index contributed by atoms with van der Waals surface area (Å²) in [7, 11) is 0. The van der Waals surface area contributed by atoms with E-state index in [9.17, 15) is 0 Å². The lowest BCUT2D eigenvalue weighted by Gasteiger charge is -2.14. The first kappa shape index (κ1) is 12.2. The zero-order chi connectivity index (χ0) is 12.3. The van der Waals surface area contributed by atoms with Crippen molar-refractivity contribution < 1.29 is 0 Å². The van der Waals surface area contributed by atoms with E-state index in [4.69, 9.17) is 5.84 Å². The molecule has 17 heavy (non-hydrogen) atoms. The molecule has 1 heterocycles. The fraction of sp³-hybridized carbons (Fsp3) is 0.308. The summed E-state index contributed by atoms with van der Waals surface area (Å²) in [6.07, 6.45) is 1.03. The number of benzene rings is 1. The summed E-state index contributed by atoms with van der Waals surface area (Å²) in [5.74, 6) is 5.65. The molecule has 0 amide bonds. The molecule has 1 unspecified atom stereocenters. The Morgan fingerprint density at radius 3 is 2.88 bits per heavy atom. The van der Waals surface area contributed by atoms with Crippen LogP contribution in [0.15, 0.2) is 29.6 Å². The second-order valence-electron chi connectivity index (χ2n) is 3.99. The van der Waals surface area contributed by atoms with Crippen molar-refractivity contribution in [2.45, 2.75) is 26.3 Å². The van der Waals surface area contributed by atoms with Crippen molar-refractivity contribution in [3.8, 4) is 0 Å². The highest BCUT2D eigenvalue weighted by Crippen LogP contribution is 2.23. The van der Waals surface area contributed by atoms with Gasteiger partial charge >= 0.3 is 0 Å². The number of aryl methyl sites for hydroxylation is 2. The molecule has 0 bridgehead atoms. The first-order valence-corrected chi connectivity index (χ1v) is 6.59. The van der Waals surface area contributed by atoms with E-state index in [1.165, 1.54) is 5.56 Å². The van der Waals surface area contributed by atoms with Gasteiger partial charge in [-0.2, -0.15) is 0 Å². The molecule has 1 aromatic carbocycles. The van der Waals surface area contributed by atoms with Crippen molar-refractivity contribution in [3.05, 3.63) is 51.5 Å². The molecule has 90 valence electrons. The Kier molecular flexibility index (Phi) is 3.89. The number of rotatable bonds is 4. The monoisotopic (exact) mass is 247 g/mol. The van der Waals surface area contributed by atoms with Gasteiger partial charge in [0.05, 0.1) is 16.7 Å². The number of thiazole rings is 1. The van der Waals surface area contributed by atoms with Crippen LogP contribution in [0.25, 0.3) is 0 Å². The number of hydrazine groups is 1. The zero-order valence-electron chi connectivity index (χ0n) is 10.1. The maximum Gasteiger partial charge on any atom is 0.0898 e. The maximum absolute atomic E-state index is 5.65. The van der Waals surface area contributed by atoms with Crippen LogP contribution >= 0.6 is 11.3 Å². The van der Waals surface area contributed by atoms with Gasteiger partial charge in [0, 0.05) is 5.38 Å². The zero-order valence-corrected chi connectivity index (χ0v) is 10.9. The van der Waals surface area contributed by atoms with Crippen LogP contribution in [0.3, 0.4) is 0 Å². The quantitative estimate of drug-likeness (QED) is 0.645. The third-order valence-corrected chi connectivity index (χ3v) is 3.58. The fourth-order valence-corrected chi connectivity index (χ4v) is 2.50. The predicted molar refractivity (Wildman–Crippen MR) is 71.8 cm³/mol. The van der Waals surface area contributed by atoms with Gasteiger partial charge in [-0.25, -0.2) is 10.4 Å². The molecule has 0 saturated carbocycles. The van der Waals surface area contributed by atoms with Gasteiger partial charge in [0.15, 0.2) is 0 Å². The highest BCUT2D eigenvalue weighted by atomic mass is 32.1. The first-order valence-electron chi connectivity index (χ1n) is 5.71. The summed E-state index contributed by atoms with van der Waals surface area (Å²) in [4.78, 5) is 4.49. The number of aromatic nitrogens is 1. The minimum Gasteiger partial charge on any atom is -0.271 e. The summed E-state index contributed by atoms with van der Waals surface area (Å²) >= 11 is 1.65. The summed E-state index contributed by atoms with van der Waals surface area (Å²) < 4.78 is 0. The lowest BCUT2D eigenvalue weighted by molar-refractivity contribution is 0.622. The van der Waals surface area contributed by atoms with Crippen LogP contribution in [0.1, 0.15) is 34.8 Å². The summed E-state index contributed by atoms with van der Waals surface area (Å²) in [5.41, 5.74) is 6.31. The van der Waals surface area contributed by atoms with E-state index >= 15 is 0 Å². The van der Waals surface area contributed by atoms with Crippen LogP contribution in [0.2, 0.25) is 0 Å². The van der Waals surface area contributed by atoms with Crippen LogP contribution < -0.4 is 11.3 Å². The molecule has 3 N–H and O–H groups in total. The summed E-state index contributed by atoms with van der Waals surface area (Å²) in [5, 5.41) is 3.12. The topological polar surface area (TPSA) is 50.9 Å². The molecule has 0 fully saturated rings. The standard InChI is InChI=1S/C13H17N3S/c1-3-10-5-4-6-11(7-10)13(16-14)12-8-17-9(2)15-12/h4-8,13,16H,3,14H2,1-2H3. The van der Waals surface area contributed by atoms with Crippen LogP contribution in [0.4, 0.5) is 0 Å². The molecule has 0 aliphatic carbocycles. The molecule has 2 rings (SSSR count). The van der Waals surface area contributed by atoms with Gasteiger partial charge in [0.25, 0.3) is 0 Å². The van der Waals surface area contributed by atoms with Gasteiger partial charge in [0.2, 0.25) is 0 Å². The Morgan fingerprint density at radius 2 is 2.29 bits per heavy atom. The van der Waals surface area contributed by atoms with E-state index in [1.54, 1.807) is 11.3 Å². The van der Waals surface area contributed by atoms with Gasteiger partial charge in [-0.3, -0.25) is 5.84 Å². The molecule has 1 aromatic heterocycles. The van der Waals surface area contributed by atoms with Gasteiger partial charge in [0.1, 0.15) is 0 Å². The molecule has 0 spiro atoms. The van der Waals surface area contributed by atoms with Crippen molar-refractivity contribution in [2.75, 3.05) is 0 Å². The van der Waals surface area contributed by atoms with Crippen LogP contribution in [-0.2, 0) is 6.42 Å². The SMILES string of the molecule is CCc1cccc(C(NN)c2csc(C)n2)c1. The van der Waals surface area contributed by atoms with Crippen LogP contribution in [-0.4, -0.2) is 4.98 Å². The van der Waals surface area contributed by atoms with Crippen molar-refractivity contribution in [1.29, 1.82) is 0 Å². The molecular weight excluding hydrogens is 230 g/mol. The second-order valence-corrected chi connectivity index (χ2v) is 5.05. The fourth-order valence-electron chi connectivity index (χ4n) is 1.86. The lowest BCUT2D eigenvalue weighted by atomic mass is 10.0. The summed E-state index contributed by atoms with van der Waals surface area (Å²) in [6, 6.07) is 8.44. The van der Waals surface area contributed by atoms with Gasteiger partial charge < -0.3 is 0 Å². The Labute approximate surface area is 106 Å². The van der Waals surface area contributed by atoms with Gasteiger partial charge in [-0.1, -0.05) is 31.2 Å². The number of nitrogens with zero attached hydrogens (tertiary/aromatic N) is 1. The molecule has 0 radical (unpaired) electrons. The molecule has 3 nitrogen and oxygen atoms in total. The number of nitrogens with two attached hydrogens (primary N) is 1. The molecule has 1 atom stereocenters. The molecule has 4 heteroatoms. The van der Waals surface area contributed by atoms with Crippen molar-refractivity contribution in [3.63, 3.8) is 0 Å². The lowest BCUT2D eigenvalue weighted by Crippen LogP contribution is -2.29. The van der Waals surface area contributed by atoms with E-state index in [-0.39, 0.29) is 6.04 Å².